The summed E-state index contributed by atoms with van der Waals surface area (Å²) in [5.41, 5.74) is 0.363. The summed E-state index contributed by atoms with van der Waals surface area (Å²) in [6.07, 6.45) is 4.35. The van der Waals surface area contributed by atoms with Crippen LogP contribution in [0, 0.1) is 11.6 Å². The van der Waals surface area contributed by atoms with Gasteiger partial charge in [-0.2, -0.15) is 0 Å². The van der Waals surface area contributed by atoms with Gasteiger partial charge in [0.05, 0.1) is 0 Å². The first kappa shape index (κ1) is 13.4. The van der Waals surface area contributed by atoms with Crippen molar-refractivity contribution in [2.45, 2.75) is 19.3 Å². The summed E-state index contributed by atoms with van der Waals surface area (Å²) in [6.45, 7) is 0. The molecule has 0 spiro atoms. The van der Waals surface area contributed by atoms with Crippen molar-refractivity contribution in [2.24, 2.45) is 7.05 Å². The molecule has 0 N–H and O–H groups in total. The van der Waals surface area contributed by atoms with Gasteiger partial charge in [0.2, 0.25) is 0 Å². The number of benzene rings is 1. The standard InChI is InChI=1S/C14H14F2N2O/c1-18-5-4-17-14(18)3-2-13(19)8-10-6-11(15)9-12(16)7-10/h4-7,9H,2-3,8H2,1H3. The highest BCUT2D eigenvalue weighted by Crippen LogP contribution is 2.10. The predicted octanol–water partition coefficient (Wildman–Crippen LogP) is 2.44. The number of hydrogen-bond donors (Lipinski definition) is 0. The highest BCUT2D eigenvalue weighted by Gasteiger charge is 2.08. The minimum absolute atomic E-state index is 0.0408. The number of nitrogens with zero attached hydrogens (tertiary/aromatic N) is 2. The molecule has 3 nitrogen and oxygen atoms in total. The Labute approximate surface area is 109 Å². The Bertz CT molecular complexity index is 573. The topological polar surface area (TPSA) is 34.9 Å². The first-order valence-electron chi connectivity index (χ1n) is 5.97. The lowest BCUT2D eigenvalue weighted by Crippen LogP contribution is -2.07. The van der Waals surface area contributed by atoms with E-state index in [1.165, 1.54) is 12.1 Å². The van der Waals surface area contributed by atoms with Gasteiger partial charge < -0.3 is 4.57 Å². The molecule has 0 saturated heterocycles. The highest BCUT2D eigenvalue weighted by molar-refractivity contribution is 5.81. The van der Waals surface area contributed by atoms with E-state index in [1.807, 2.05) is 17.8 Å². The highest BCUT2D eigenvalue weighted by atomic mass is 19.1. The van der Waals surface area contributed by atoms with Gasteiger partial charge in [-0.05, 0) is 17.7 Å². The van der Waals surface area contributed by atoms with E-state index < -0.39 is 11.6 Å². The van der Waals surface area contributed by atoms with Gasteiger partial charge >= 0.3 is 0 Å². The molecule has 19 heavy (non-hydrogen) atoms. The van der Waals surface area contributed by atoms with Crippen molar-refractivity contribution < 1.29 is 13.6 Å². The molecule has 0 amide bonds. The maximum Gasteiger partial charge on any atom is 0.137 e. The average molecular weight is 264 g/mol. The number of carbonyl (C=O) groups is 1. The first-order chi connectivity index (χ1) is 9.04. The molecule has 0 saturated carbocycles. The van der Waals surface area contributed by atoms with Crippen molar-refractivity contribution in [3.05, 3.63) is 53.6 Å². The van der Waals surface area contributed by atoms with E-state index in [0.717, 1.165) is 11.9 Å². The van der Waals surface area contributed by atoms with Crippen LogP contribution in [0.2, 0.25) is 0 Å². The molecular formula is C14H14F2N2O. The zero-order valence-corrected chi connectivity index (χ0v) is 10.6. The summed E-state index contributed by atoms with van der Waals surface area (Å²) < 4.78 is 27.8. The van der Waals surface area contributed by atoms with Crippen LogP contribution in [0.15, 0.2) is 30.6 Å². The van der Waals surface area contributed by atoms with E-state index in [-0.39, 0.29) is 12.2 Å². The lowest BCUT2D eigenvalue weighted by Gasteiger charge is -2.03. The fourth-order valence-electron chi connectivity index (χ4n) is 1.92. The van der Waals surface area contributed by atoms with Crippen LogP contribution in [0.3, 0.4) is 0 Å². The second kappa shape index (κ2) is 5.73. The zero-order chi connectivity index (χ0) is 13.8. The third-order valence-electron chi connectivity index (χ3n) is 2.87. The number of aryl methyl sites for hydroxylation is 2. The molecule has 0 aliphatic heterocycles. The smallest absolute Gasteiger partial charge is 0.137 e. The van der Waals surface area contributed by atoms with Crippen molar-refractivity contribution in [2.75, 3.05) is 0 Å². The maximum atomic E-state index is 13.0. The number of hydrogen-bond acceptors (Lipinski definition) is 2. The number of halogens is 2. The lowest BCUT2D eigenvalue weighted by atomic mass is 10.1. The molecule has 0 bridgehead atoms. The Morgan fingerprint density at radius 3 is 2.53 bits per heavy atom. The summed E-state index contributed by atoms with van der Waals surface area (Å²) in [5.74, 6) is -0.564. The molecular weight excluding hydrogens is 250 g/mol. The summed E-state index contributed by atoms with van der Waals surface area (Å²) in [4.78, 5) is 15.9. The molecule has 0 radical (unpaired) electrons. The molecule has 5 heteroatoms. The fourth-order valence-corrected chi connectivity index (χ4v) is 1.92. The van der Waals surface area contributed by atoms with E-state index >= 15 is 0 Å². The Balaban J connectivity index is 1.92. The van der Waals surface area contributed by atoms with E-state index in [4.69, 9.17) is 0 Å². The number of rotatable bonds is 5. The van der Waals surface area contributed by atoms with E-state index in [0.29, 0.717) is 18.4 Å². The number of ketones is 1. The molecule has 2 aromatic rings. The maximum absolute atomic E-state index is 13.0. The Morgan fingerprint density at radius 1 is 1.26 bits per heavy atom. The average Bonchev–Trinajstić information content (AvgIpc) is 2.71. The molecule has 1 aromatic carbocycles. The van der Waals surface area contributed by atoms with Gasteiger partial charge in [-0.15, -0.1) is 0 Å². The van der Waals surface area contributed by atoms with Gasteiger partial charge in [-0.1, -0.05) is 0 Å². The van der Waals surface area contributed by atoms with Crippen molar-refractivity contribution in [1.29, 1.82) is 0 Å². The van der Waals surface area contributed by atoms with E-state index in [2.05, 4.69) is 4.98 Å². The molecule has 0 aliphatic rings. The summed E-state index contributed by atoms with van der Waals surface area (Å²) >= 11 is 0. The zero-order valence-electron chi connectivity index (χ0n) is 10.6. The minimum atomic E-state index is -0.660. The summed E-state index contributed by atoms with van der Waals surface area (Å²) in [5, 5.41) is 0. The van der Waals surface area contributed by atoms with Crippen LogP contribution in [0.25, 0.3) is 0 Å². The molecule has 1 heterocycles. The van der Waals surface area contributed by atoms with Crippen molar-refractivity contribution in [3.8, 4) is 0 Å². The van der Waals surface area contributed by atoms with Gasteiger partial charge in [0.15, 0.2) is 0 Å². The van der Waals surface area contributed by atoms with Gasteiger partial charge in [-0.3, -0.25) is 4.79 Å². The van der Waals surface area contributed by atoms with Crippen LogP contribution >= 0.6 is 0 Å². The molecule has 0 fully saturated rings. The second-order valence-corrected chi connectivity index (χ2v) is 4.45. The van der Waals surface area contributed by atoms with Crippen LogP contribution in [0.4, 0.5) is 8.78 Å². The van der Waals surface area contributed by atoms with E-state index in [1.54, 1.807) is 6.20 Å². The van der Waals surface area contributed by atoms with E-state index in [9.17, 15) is 13.6 Å². The third-order valence-corrected chi connectivity index (χ3v) is 2.87. The van der Waals surface area contributed by atoms with Gasteiger partial charge in [-0.25, -0.2) is 13.8 Å². The minimum Gasteiger partial charge on any atom is -0.338 e. The van der Waals surface area contributed by atoms with Gasteiger partial charge in [0.25, 0.3) is 0 Å². The quantitative estimate of drug-likeness (QED) is 0.831. The summed E-state index contributed by atoms with van der Waals surface area (Å²) in [6, 6.07) is 3.16. The van der Waals surface area contributed by atoms with Crippen molar-refractivity contribution in [1.82, 2.24) is 9.55 Å². The largest absolute Gasteiger partial charge is 0.338 e. The van der Waals surface area contributed by atoms with Gasteiger partial charge in [0, 0.05) is 44.8 Å². The van der Waals surface area contributed by atoms with Crippen molar-refractivity contribution >= 4 is 5.78 Å². The number of aromatic nitrogens is 2. The van der Waals surface area contributed by atoms with Crippen LogP contribution in [-0.4, -0.2) is 15.3 Å². The van der Waals surface area contributed by atoms with Crippen LogP contribution in [0.1, 0.15) is 17.8 Å². The molecule has 1 aromatic heterocycles. The Hall–Kier alpha value is -2.04. The van der Waals surface area contributed by atoms with Crippen LogP contribution in [-0.2, 0) is 24.7 Å². The number of carbonyl (C=O) groups excluding carboxylic acids is 1. The van der Waals surface area contributed by atoms with Crippen molar-refractivity contribution in [3.63, 3.8) is 0 Å². The summed E-state index contributed by atoms with van der Waals surface area (Å²) in [7, 11) is 1.86. The normalized spacial score (nSPS) is 10.7. The first-order valence-corrected chi connectivity index (χ1v) is 5.97. The predicted molar refractivity (Wildman–Crippen MR) is 66.6 cm³/mol. The second-order valence-electron chi connectivity index (χ2n) is 4.45. The molecule has 0 aliphatic carbocycles. The lowest BCUT2D eigenvalue weighted by molar-refractivity contribution is -0.118. The van der Waals surface area contributed by atoms with Crippen LogP contribution in [0.5, 0.6) is 0 Å². The third kappa shape index (κ3) is 3.71. The number of imidazole rings is 1. The molecule has 0 atom stereocenters. The number of Topliss-reactive ketones (excluding diaryl/α,β-unsaturated/α-hetero) is 1. The fraction of sp³-hybridized carbons (Fsp3) is 0.286. The van der Waals surface area contributed by atoms with Crippen LogP contribution < -0.4 is 0 Å². The Morgan fingerprint density at radius 2 is 1.95 bits per heavy atom. The SMILES string of the molecule is Cn1ccnc1CCC(=O)Cc1cc(F)cc(F)c1. The monoisotopic (exact) mass is 264 g/mol. The Kier molecular flexibility index (Phi) is 4.04. The molecule has 2 rings (SSSR count). The molecule has 100 valence electrons. The van der Waals surface area contributed by atoms with Gasteiger partial charge in [0.1, 0.15) is 23.2 Å². The molecule has 0 unspecified atom stereocenters.